The minimum atomic E-state index is -4.32. The molecule has 0 aromatic heterocycles. The molecular weight excluding hydrogens is 388 g/mol. The predicted molar refractivity (Wildman–Crippen MR) is 89.6 cm³/mol. The molecule has 0 saturated carbocycles. The Hall–Kier alpha value is -2.33. The van der Waals surface area contributed by atoms with Crippen LogP contribution >= 0.6 is 0 Å². The van der Waals surface area contributed by atoms with Gasteiger partial charge in [0.1, 0.15) is 11.6 Å². The van der Waals surface area contributed by atoms with E-state index in [1.54, 1.807) is 4.72 Å². The molecule has 0 saturated heterocycles. The summed E-state index contributed by atoms with van der Waals surface area (Å²) in [7, 11) is -7.95. The van der Waals surface area contributed by atoms with Gasteiger partial charge in [0.2, 0.25) is 5.91 Å². The first-order valence-corrected chi connectivity index (χ1v) is 10.7. The van der Waals surface area contributed by atoms with E-state index in [4.69, 9.17) is 0 Å². The van der Waals surface area contributed by atoms with Crippen LogP contribution in [0.3, 0.4) is 0 Å². The van der Waals surface area contributed by atoms with Crippen molar-refractivity contribution in [2.45, 2.75) is 22.6 Å². The van der Waals surface area contributed by atoms with Crippen LogP contribution in [0.4, 0.5) is 8.78 Å². The third-order valence-corrected chi connectivity index (χ3v) is 5.94. The number of nitrogens with one attached hydrogen (secondary N) is 1. The fraction of sp³-hybridized carbons (Fsp3) is 0.188. The number of rotatable bonds is 6. The van der Waals surface area contributed by atoms with Crippen molar-refractivity contribution in [3.8, 4) is 0 Å². The van der Waals surface area contributed by atoms with Gasteiger partial charge in [-0.3, -0.25) is 4.79 Å². The normalized spacial score (nSPS) is 12.0. The first-order chi connectivity index (χ1) is 12.0. The molecule has 0 bridgehead atoms. The van der Waals surface area contributed by atoms with Crippen LogP contribution in [0.1, 0.15) is 12.0 Å². The van der Waals surface area contributed by atoms with Crippen molar-refractivity contribution in [3.05, 3.63) is 59.7 Å². The largest absolute Gasteiger partial charge is 0.274 e. The lowest BCUT2D eigenvalue weighted by molar-refractivity contribution is -0.119. The zero-order chi connectivity index (χ0) is 19.5. The maximum Gasteiger partial charge on any atom is 0.264 e. The Balaban J connectivity index is 2.13. The Labute approximate surface area is 149 Å². The molecule has 26 heavy (non-hydrogen) atoms. The highest BCUT2D eigenvalue weighted by Gasteiger charge is 2.20. The summed E-state index contributed by atoms with van der Waals surface area (Å²) in [6.45, 7) is 0. The van der Waals surface area contributed by atoms with Crippen LogP contribution in [-0.4, -0.2) is 29.0 Å². The van der Waals surface area contributed by atoms with E-state index in [-0.39, 0.29) is 16.9 Å². The summed E-state index contributed by atoms with van der Waals surface area (Å²) in [6.07, 6.45) is 0.117. The molecule has 0 fully saturated rings. The second-order valence-electron chi connectivity index (χ2n) is 5.48. The van der Waals surface area contributed by atoms with E-state index in [0.717, 1.165) is 30.5 Å². The molecule has 10 heteroatoms. The van der Waals surface area contributed by atoms with Gasteiger partial charge in [-0.15, -0.1) is 0 Å². The number of benzene rings is 2. The number of sulfone groups is 1. The predicted octanol–water partition coefficient (Wildman–Crippen LogP) is 1.81. The lowest BCUT2D eigenvalue weighted by atomic mass is 10.1. The maximum absolute atomic E-state index is 13.5. The maximum atomic E-state index is 13.5. The number of halogens is 2. The summed E-state index contributed by atoms with van der Waals surface area (Å²) in [4.78, 5) is 11.2. The smallest absolute Gasteiger partial charge is 0.264 e. The highest BCUT2D eigenvalue weighted by atomic mass is 32.2. The van der Waals surface area contributed by atoms with E-state index in [1.807, 2.05) is 0 Å². The lowest BCUT2D eigenvalue weighted by Gasteiger charge is -2.09. The van der Waals surface area contributed by atoms with Gasteiger partial charge in [0.15, 0.2) is 9.84 Å². The molecule has 0 aliphatic rings. The second kappa shape index (κ2) is 7.50. The van der Waals surface area contributed by atoms with E-state index < -0.39 is 48.7 Å². The summed E-state index contributed by atoms with van der Waals surface area (Å²) in [5, 5.41) is 0. The third kappa shape index (κ3) is 4.85. The summed E-state index contributed by atoms with van der Waals surface area (Å²) in [6, 6.07) is 7.73. The molecule has 0 aliphatic carbocycles. The van der Waals surface area contributed by atoms with Crippen molar-refractivity contribution in [1.29, 1.82) is 0 Å². The van der Waals surface area contributed by atoms with E-state index in [1.165, 1.54) is 18.2 Å². The van der Waals surface area contributed by atoms with E-state index in [2.05, 4.69) is 0 Å². The van der Waals surface area contributed by atoms with Gasteiger partial charge in [-0.25, -0.2) is 30.3 Å². The summed E-state index contributed by atoms with van der Waals surface area (Å²) in [5.41, 5.74) is -0.320. The first kappa shape index (κ1) is 20.0. The molecule has 1 amide bonds. The molecule has 2 rings (SSSR count). The van der Waals surface area contributed by atoms with Gasteiger partial charge in [0, 0.05) is 18.2 Å². The molecule has 2 aromatic carbocycles. The molecular formula is C16H15F2NO5S2. The highest BCUT2D eigenvalue weighted by Crippen LogP contribution is 2.17. The van der Waals surface area contributed by atoms with Crippen LogP contribution in [0, 0.1) is 11.6 Å². The van der Waals surface area contributed by atoms with Gasteiger partial charge >= 0.3 is 0 Å². The van der Waals surface area contributed by atoms with E-state index in [9.17, 15) is 30.4 Å². The SMILES string of the molecule is CS(=O)(=O)c1cccc(S(=O)(=O)NC(=O)CCc2c(F)cccc2F)c1. The fourth-order valence-electron chi connectivity index (χ4n) is 2.14. The van der Waals surface area contributed by atoms with Gasteiger partial charge in [-0.1, -0.05) is 12.1 Å². The highest BCUT2D eigenvalue weighted by molar-refractivity contribution is 7.91. The molecule has 0 aliphatic heterocycles. The summed E-state index contributed by atoms with van der Waals surface area (Å²) >= 11 is 0. The Kier molecular flexibility index (Phi) is 5.77. The lowest BCUT2D eigenvalue weighted by Crippen LogP contribution is -2.31. The van der Waals surface area contributed by atoms with Gasteiger partial charge in [0.05, 0.1) is 9.79 Å². The molecule has 0 spiro atoms. The van der Waals surface area contributed by atoms with Gasteiger partial charge in [-0.05, 0) is 36.8 Å². The first-order valence-electron chi connectivity index (χ1n) is 7.29. The zero-order valence-electron chi connectivity index (χ0n) is 13.6. The molecule has 2 aromatic rings. The number of carbonyl (C=O) groups excluding carboxylic acids is 1. The molecule has 0 heterocycles. The number of sulfonamides is 1. The average Bonchev–Trinajstić information content (AvgIpc) is 2.53. The van der Waals surface area contributed by atoms with Crippen molar-refractivity contribution in [2.24, 2.45) is 0 Å². The number of hydrogen-bond donors (Lipinski definition) is 1. The van der Waals surface area contributed by atoms with Crippen LogP contribution in [-0.2, 0) is 31.1 Å². The monoisotopic (exact) mass is 403 g/mol. The van der Waals surface area contributed by atoms with Gasteiger partial charge in [-0.2, -0.15) is 0 Å². The minimum Gasteiger partial charge on any atom is -0.274 e. The van der Waals surface area contributed by atoms with E-state index >= 15 is 0 Å². The topological polar surface area (TPSA) is 97.4 Å². The summed E-state index contributed by atoms with van der Waals surface area (Å²) < 4.78 is 76.2. The molecule has 0 radical (unpaired) electrons. The standard InChI is InChI=1S/C16H15F2NO5S2/c1-25(21,22)11-4-2-5-12(10-11)26(23,24)19-16(20)9-8-13-14(17)6-3-7-15(13)18/h2-7,10H,8-9H2,1H3,(H,19,20). The fourth-order valence-corrected chi connectivity index (χ4v) is 3.94. The average molecular weight is 403 g/mol. The quantitative estimate of drug-likeness (QED) is 0.793. The Morgan fingerprint density at radius 1 is 0.962 bits per heavy atom. The van der Waals surface area contributed by atoms with Crippen molar-refractivity contribution in [3.63, 3.8) is 0 Å². The summed E-state index contributed by atoms with van der Waals surface area (Å²) in [5.74, 6) is -2.64. The minimum absolute atomic E-state index is 0.221. The molecule has 0 unspecified atom stereocenters. The number of amides is 1. The number of hydrogen-bond acceptors (Lipinski definition) is 5. The van der Waals surface area contributed by atoms with Crippen LogP contribution in [0.5, 0.6) is 0 Å². The Morgan fingerprint density at radius 2 is 1.50 bits per heavy atom. The van der Waals surface area contributed by atoms with Crippen LogP contribution in [0.25, 0.3) is 0 Å². The van der Waals surface area contributed by atoms with Gasteiger partial charge < -0.3 is 0 Å². The van der Waals surface area contributed by atoms with Gasteiger partial charge in [0.25, 0.3) is 10.0 Å². The second-order valence-corrected chi connectivity index (χ2v) is 9.17. The third-order valence-electron chi connectivity index (χ3n) is 3.46. The van der Waals surface area contributed by atoms with Crippen molar-refractivity contribution in [1.82, 2.24) is 4.72 Å². The molecule has 140 valence electrons. The zero-order valence-corrected chi connectivity index (χ0v) is 15.2. The van der Waals surface area contributed by atoms with Crippen LogP contribution < -0.4 is 4.72 Å². The Morgan fingerprint density at radius 3 is 2.08 bits per heavy atom. The van der Waals surface area contributed by atoms with Crippen molar-refractivity contribution < 1.29 is 30.4 Å². The Bertz CT molecular complexity index is 1030. The van der Waals surface area contributed by atoms with Crippen molar-refractivity contribution in [2.75, 3.05) is 6.26 Å². The molecule has 0 atom stereocenters. The number of carbonyl (C=O) groups is 1. The molecule has 6 nitrogen and oxygen atoms in total. The molecule has 1 N–H and O–H groups in total. The van der Waals surface area contributed by atoms with Crippen LogP contribution in [0.15, 0.2) is 52.3 Å². The van der Waals surface area contributed by atoms with Crippen molar-refractivity contribution >= 4 is 25.8 Å². The van der Waals surface area contributed by atoms with Crippen LogP contribution in [0.2, 0.25) is 0 Å². The van der Waals surface area contributed by atoms with E-state index in [0.29, 0.717) is 0 Å².